The zero-order valence-electron chi connectivity index (χ0n) is 10.3. The largest absolute Gasteiger partial charge is 0.310 e. The highest BCUT2D eigenvalue weighted by Crippen LogP contribution is 2.33. The van der Waals surface area contributed by atoms with Gasteiger partial charge in [-0.1, -0.05) is 25.5 Å². The molecule has 0 saturated heterocycles. The van der Waals surface area contributed by atoms with Crippen LogP contribution in [0, 0.1) is 23.0 Å². The highest BCUT2D eigenvalue weighted by atomic mass is 16.6. The van der Waals surface area contributed by atoms with E-state index >= 15 is 0 Å². The van der Waals surface area contributed by atoms with E-state index in [2.05, 4.69) is 12.2 Å². The maximum absolute atomic E-state index is 10.8. The Morgan fingerprint density at radius 1 is 1.53 bits per heavy atom. The fraction of sp³-hybridized carbons (Fsp3) is 0.538. The van der Waals surface area contributed by atoms with Crippen LogP contribution in [0.25, 0.3) is 0 Å². The van der Waals surface area contributed by atoms with Gasteiger partial charge in [-0.05, 0) is 24.8 Å². The van der Waals surface area contributed by atoms with Crippen molar-refractivity contribution < 1.29 is 4.92 Å². The predicted octanol–water partition coefficient (Wildman–Crippen LogP) is 2.79. The van der Waals surface area contributed by atoms with Crippen LogP contribution in [0.3, 0.4) is 0 Å². The molecule has 4 nitrogen and oxygen atoms in total. The fourth-order valence-corrected chi connectivity index (χ4v) is 2.25. The number of benzene rings is 1. The van der Waals surface area contributed by atoms with E-state index in [1.807, 2.05) is 13.0 Å². The number of hydrogen-bond donors (Lipinski definition) is 1. The Morgan fingerprint density at radius 2 is 2.29 bits per heavy atom. The van der Waals surface area contributed by atoms with Gasteiger partial charge in [0.2, 0.25) is 0 Å². The van der Waals surface area contributed by atoms with Crippen LogP contribution in [0.4, 0.5) is 5.69 Å². The lowest BCUT2D eigenvalue weighted by atomic mass is 10.1. The standard InChI is InChI=1S/C13H18N2O2/c1-3-10-7-12(10)14-8-11-5-4-6-13(9(11)2)15(16)17/h4-6,10,12,14H,3,7-8H2,1-2H3. The van der Waals surface area contributed by atoms with Crippen LogP contribution in [0.2, 0.25) is 0 Å². The third-order valence-electron chi connectivity index (χ3n) is 3.62. The van der Waals surface area contributed by atoms with Crippen LogP contribution < -0.4 is 5.32 Å². The van der Waals surface area contributed by atoms with E-state index in [-0.39, 0.29) is 10.6 Å². The molecule has 0 spiro atoms. The topological polar surface area (TPSA) is 55.2 Å². The zero-order chi connectivity index (χ0) is 12.4. The first-order valence-corrected chi connectivity index (χ1v) is 6.09. The number of nitrogens with zero attached hydrogens (tertiary/aromatic N) is 1. The third-order valence-corrected chi connectivity index (χ3v) is 3.62. The molecule has 1 aromatic carbocycles. The minimum atomic E-state index is -0.315. The van der Waals surface area contributed by atoms with Crippen LogP contribution in [0.15, 0.2) is 18.2 Å². The van der Waals surface area contributed by atoms with Crippen LogP contribution in [0.5, 0.6) is 0 Å². The second kappa shape index (κ2) is 4.84. The molecule has 92 valence electrons. The molecule has 0 heterocycles. The van der Waals surface area contributed by atoms with Gasteiger partial charge in [-0.15, -0.1) is 0 Å². The normalized spacial score (nSPS) is 22.5. The summed E-state index contributed by atoms with van der Waals surface area (Å²) >= 11 is 0. The lowest BCUT2D eigenvalue weighted by Gasteiger charge is -2.07. The van der Waals surface area contributed by atoms with Crippen molar-refractivity contribution in [3.63, 3.8) is 0 Å². The van der Waals surface area contributed by atoms with Gasteiger partial charge in [-0.25, -0.2) is 0 Å². The van der Waals surface area contributed by atoms with Gasteiger partial charge >= 0.3 is 0 Å². The Morgan fingerprint density at radius 3 is 2.88 bits per heavy atom. The van der Waals surface area contributed by atoms with Gasteiger partial charge in [0, 0.05) is 24.2 Å². The zero-order valence-corrected chi connectivity index (χ0v) is 10.3. The molecule has 0 bridgehead atoms. The molecule has 0 amide bonds. The average Bonchev–Trinajstić information content (AvgIpc) is 3.06. The number of nitrogens with one attached hydrogen (secondary N) is 1. The summed E-state index contributed by atoms with van der Waals surface area (Å²) < 4.78 is 0. The molecule has 1 aliphatic rings. The Kier molecular flexibility index (Phi) is 3.43. The third kappa shape index (κ3) is 2.64. The van der Waals surface area contributed by atoms with Crippen molar-refractivity contribution >= 4 is 5.69 Å². The SMILES string of the molecule is CCC1CC1NCc1cccc([N+](=O)[O-])c1C. The fourth-order valence-electron chi connectivity index (χ4n) is 2.25. The molecule has 0 aromatic heterocycles. The van der Waals surface area contributed by atoms with Gasteiger partial charge in [-0.3, -0.25) is 10.1 Å². The van der Waals surface area contributed by atoms with Crippen LogP contribution in [-0.2, 0) is 6.54 Å². The lowest BCUT2D eigenvalue weighted by Crippen LogP contribution is -2.18. The quantitative estimate of drug-likeness (QED) is 0.629. The molecule has 17 heavy (non-hydrogen) atoms. The van der Waals surface area contributed by atoms with E-state index in [9.17, 15) is 10.1 Å². The van der Waals surface area contributed by atoms with Gasteiger partial charge in [0.15, 0.2) is 0 Å². The minimum Gasteiger partial charge on any atom is -0.310 e. The maximum atomic E-state index is 10.8. The molecule has 0 aliphatic heterocycles. The summed E-state index contributed by atoms with van der Waals surface area (Å²) in [6.45, 7) is 4.75. The molecule has 1 aliphatic carbocycles. The predicted molar refractivity (Wildman–Crippen MR) is 66.9 cm³/mol. The van der Waals surface area contributed by atoms with Crippen molar-refractivity contribution in [3.8, 4) is 0 Å². The van der Waals surface area contributed by atoms with E-state index in [0.29, 0.717) is 6.04 Å². The maximum Gasteiger partial charge on any atom is 0.272 e. The molecule has 1 aromatic rings. The Labute approximate surface area is 101 Å². The number of hydrogen-bond acceptors (Lipinski definition) is 3. The van der Waals surface area contributed by atoms with Crippen molar-refractivity contribution in [1.82, 2.24) is 5.32 Å². The van der Waals surface area contributed by atoms with Crippen molar-refractivity contribution in [2.24, 2.45) is 5.92 Å². The molecular weight excluding hydrogens is 216 g/mol. The summed E-state index contributed by atoms with van der Waals surface area (Å²) in [7, 11) is 0. The number of nitro benzene ring substituents is 1. The Hall–Kier alpha value is -1.42. The van der Waals surface area contributed by atoms with E-state index in [0.717, 1.165) is 23.6 Å². The van der Waals surface area contributed by atoms with Crippen molar-refractivity contribution in [2.45, 2.75) is 39.3 Å². The molecule has 0 radical (unpaired) electrons. The summed E-state index contributed by atoms with van der Waals surface area (Å²) in [6, 6.07) is 5.88. The second-order valence-electron chi connectivity index (χ2n) is 4.71. The summed E-state index contributed by atoms with van der Waals surface area (Å²) in [4.78, 5) is 10.5. The van der Waals surface area contributed by atoms with Gasteiger partial charge in [0.05, 0.1) is 4.92 Å². The molecule has 2 rings (SSSR count). The molecule has 1 fully saturated rings. The van der Waals surface area contributed by atoms with Gasteiger partial charge in [-0.2, -0.15) is 0 Å². The Balaban J connectivity index is 2.01. The highest BCUT2D eigenvalue weighted by molar-refractivity contribution is 5.44. The summed E-state index contributed by atoms with van der Waals surface area (Å²) in [5.41, 5.74) is 2.02. The summed E-state index contributed by atoms with van der Waals surface area (Å²) in [5, 5.41) is 14.3. The summed E-state index contributed by atoms with van der Waals surface area (Å²) in [6.07, 6.45) is 2.45. The average molecular weight is 234 g/mol. The number of rotatable bonds is 5. The van der Waals surface area contributed by atoms with Gasteiger partial charge < -0.3 is 5.32 Å². The first-order valence-electron chi connectivity index (χ1n) is 6.09. The molecule has 1 saturated carbocycles. The van der Waals surface area contributed by atoms with Gasteiger partial charge in [0.1, 0.15) is 0 Å². The molecule has 1 N–H and O–H groups in total. The van der Waals surface area contributed by atoms with E-state index in [1.54, 1.807) is 12.1 Å². The van der Waals surface area contributed by atoms with E-state index < -0.39 is 0 Å². The molecule has 2 atom stereocenters. The second-order valence-corrected chi connectivity index (χ2v) is 4.71. The van der Waals surface area contributed by atoms with Crippen molar-refractivity contribution in [1.29, 1.82) is 0 Å². The lowest BCUT2D eigenvalue weighted by molar-refractivity contribution is -0.385. The summed E-state index contributed by atoms with van der Waals surface area (Å²) in [5.74, 6) is 0.800. The van der Waals surface area contributed by atoms with Gasteiger partial charge in [0.25, 0.3) is 5.69 Å². The first-order chi connectivity index (χ1) is 8.13. The highest BCUT2D eigenvalue weighted by Gasteiger charge is 2.34. The van der Waals surface area contributed by atoms with Crippen molar-refractivity contribution in [2.75, 3.05) is 0 Å². The van der Waals surface area contributed by atoms with Crippen molar-refractivity contribution in [3.05, 3.63) is 39.4 Å². The number of nitro groups is 1. The van der Waals surface area contributed by atoms with Crippen LogP contribution in [-0.4, -0.2) is 11.0 Å². The van der Waals surface area contributed by atoms with E-state index in [1.165, 1.54) is 12.8 Å². The smallest absolute Gasteiger partial charge is 0.272 e. The molecule has 4 heteroatoms. The van der Waals surface area contributed by atoms with E-state index in [4.69, 9.17) is 0 Å². The molecular formula is C13H18N2O2. The molecule has 2 unspecified atom stereocenters. The first kappa shape index (κ1) is 12.0. The Bertz CT molecular complexity index is 431. The van der Waals surface area contributed by atoms with Crippen LogP contribution >= 0.6 is 0 Å². The minimum absolute atomic E-state index is 0.215. The monoisotopic (exact) mass is 234 g/mol. The van der Waals surface area contributed by atoms with Crippen LogP contribution in [0.1, 0.15) is 30.9 Å².